The molecule has 1 fully saturated rings. The minimum atomic E-state index is -0.250. The lowest BCUT2D eigenvalue weighted by Gasteiger charge is -2.16. The summed E-state index contributed by atoms with van der Waals surface area (Å²) in [5.41, 5.74) is 0.617. The number of ether oxygens (including phenoxy) is 1. The third kappa shape index (κ3) is 0.906. The predicted molar refractivity (Wildman–Crippen MR) is 35.0 cm³/mol. The van der Waals surface area contributed by atoms with E-state index >= 15 is 0 Å². The summed E-state index contributed by atoms with van der Waals surface area (Å²) < 4.78 is 4.63. The summed E-state index contributed by atoms with van der Waals surface area (Å²) in [5.74, 6) is -0.501. The number of hydrogen-bond acceptors (Lipinski definition) is 3. The lowest BCUT2D eigenvalue weighted by molar-refractivity contribution is -0.139. The molecule has 1 saturated heterocycles. The highest BCUT2D eigenvalue weighted by Gasteiger charge is 2.34. The standard InChI is InChI=1S/C7H7NO3/c9-6-2-1-4-5(8-6)3-11-7(4)10/h3-4H,1-2H2,(H,8,9). The molecule has 2 heterocycles. The Morgan fingerprint density at radius 3 is 3.18 bits per heavy atom. The van der Waals surface area contributed by atoms with Gasteiger partial charge in [0.2, 0.25) is 5.91 Å². The highest BCUT2D eigenvalue weighted by atomic mass is 16.5. The van der Waals surface area contributed by atoms with Gasteiger partial charge in [0.25, 0.3) is 0 Å². The zero-order valence-corrected chi connectivity index (χ0v) is 5.79. The second kappa shape index (κ2) is 2.08. The Kier molecular flexibility index (Phi) is 1.21. The number of amides is 1. The van der Waals surface area contributed by atoms with Gasteiger partial charge in [0.05, 0.1) is 5.70 Å². The molecule has 1 atom stereocenters. The third-order valence-corrected chi connectivity index (χ3v) is 1.91. The molecule has 0 aromatic heterocycles. The first-order chi connectivity index (χ1) is 5.27. The van der Waals surface area contributed by atoms with Gasteiger partial charge in [-0.2, -0.15) is 0 Å². The predicted octanol–water partition coefficient (Wildman–Crippen LogP) is -0.0892. The Bertz CT molecular complexity index is 256. The smallest absolute Gasteiger partial charge is 0.319 e. The third-order valence-electron chi connectivity index (χ3n) is 1.91. The van der Waals surface area contributed by atoms with Crippen LogP contribution in [-0.4, -0.2) is 11.9 Å². The average Bonchev–Trinajstić information content (AvgIpc) is 2.32. The molecule has 0 aromatic rings. The molecule has 4 heteroatoms. The van der Waals surface area contributed by atoms with Gasteiger partial charge >= 0.3 is 5.97 Å². The van der Waals surface area contributed by atoms with Crippen LogP contribution in [0.25, 0.3) is 0 Å². The van der Waals surface area contributed by atoms with E-state index in [1.165, 1.54) is 6.26 Å². The Hall–Kier alpha value is -1.32. The SMILES string of the molecule is O=C1CCC2C(=O)OC=C2N1. The molecule has 0 radical (unpaired) electrons. The number of carbonyl (C=O) groups excluding carboxylic acids is 2. The maximum Gasteiger partial charge on any atom is 0.319 e. The van der Waals surface area contributed by atoms with Crippen LogP contribution in [0, 0.1) is 5.92 Å². The molecule has 1 unspecified atom stereocenters. The van der Waals surface area contributed by atoms with Crippen LogP contribution in [0.4, 0.5) is 0 Å². The van der Waals surface area contributed by atoms with Crippen molar-refractivity contribution < 1.29 is 14.3 Å². The second-order valence-electron chi connectivity index (χ2n) is 2.65. The van der Waals surface area contributed by atoms with Gasteiger partial charge < -0.3 is 10.1 Å². The van der Waals surface area contributed by atoms with E-state index in [0.717, 1.165) is 0 Å². The summed E-state index contributed by atoms with van der Waals surface area (Å²) in [6, 6.07) is 0. The van der Waals surface area contributed by atoms with Crippen molar-refractivity contribution in [3.8, 4) is 0 Å². The van der Waals surface area contributed by atoms with Crippen LogP contribution < -0.4 is 5.32 Å². The van der Waals surface area contributed by atoms with Crippen LogP contribution in [0.3, 0.4) is 0 Å². The monoisotopic (exact) mass is 153 g/mol. The molecule has 4 nitrogen and oxygen atoms in total. The molecule has 2 rings (SSSR count). The van der Waals surface area contributed by atoms with E-state index in [0.29, 0.717) is 18.5 Å². The fourth-order valence-corrected chi connectivity index (χ4v) is 1.30. The summed E-state index contributed by atoms with van der Waals surface area (Å²) >= 11 is 0. The normalized spacial score (nSPS) is 28.7. The Morgan fingerprint density at radius 2 is 2.36 bits per heavy atom. The van der Waals surface area contributed by atoms with Crippen LogP contribution >= 0.6 is 0 Å². The molecule has 2 aliphatic heterocycles. The average molecular weight is 153 g/mol. The van der Waals surface area contributed by atoms with Gasteiger partial charge in [0.1, 0.15) is 12.2 Å². The van der Waals surface area contributed by atoms with E-state index in [4.69, 9.17) is 0 Å². The number of rotatable bonds is 0. The zero-order valence-electron chi connectivity index (χ0n) is 5.79. The molecule has 1 amide bonds. The number of cyclic esters (lactones) is 1. The maximum absolute atomic E-state index is 10.9. The minimum absolute atomic E-state index is 0.0363. The van der Waals surface area contributed by atoms with Crippen molar-refractivity contribution in [3.05, 3.63) is 12.0 Å². The molecule has 11 heavy (non-hydrogen) atoms. The molecule has 0 aromatic carbocycles. The lowest BCUT2D eigenvalue weighted by Crippen LogP contribution is -2.33. The molecule has 0 spiro atoms. The van der Waals surface area contributed by atoms with Gasteiger partial charge in [-0.1, -0.05) is 0 Å². The zero-order chi connectivity index (χ0) is 7.84. The molecule has 2 aliphatic rings. The summed E-state index contributed by atoms with van der Waals surface area (Å²) in [6.45, 7) is 0. The molecule has 0 saturated carbocycles. The van der Waals surface area contributed by atoms with Crippen molar-refractivity contribution >= 4 is 11.9 Å². The summed E-state index contributed by atoms with van der Waals surface area (Å²) in [7, 11) is 0. The first kappa shape index (κ1) is 6.39. The van der Waals surface area contributed by atoms with Crippen molar-refractivity contribution in [2.45, 2.75) is 12.8 Å². The van der Waals surface area contributed by atoms with Crippen LogP contribution in [0.2, 0.25) is 0 Å². The van der Waals surface area contributed by atoms with Crippen molar-refractivity contribution in [3.63, 3.8) is 0 Å². The maximum atomic E-state index is 10.9. The van der Waals surface area contributed by atoms with E-state index < -0.39 is 0 Å². The lowest BCUT2D eigenvalue weighted by atomic mass is 9.97. The van der Waals surface area contributed by atoms with Gasteiger partial charge in [-0.05, 0) is 6.42 Å². The Labute approximate surface area is 63.2 Å². The van der Waals surface area contributed by atoms with Gasteiger partial charge in [-0.15, -0.1) is 0 Å². The van der Waals surface area contributed by atoms with Crippen LogP contribution in [0.15, 0.2) is 12.0 Å². The molecular weight excluding hydrogens is 146 g/mol. The summed E-state index contributed by atoms with van der Waals surface area (Å²) in [5, 5.41) is 2.59. The van der Waals surface area contributed by atoms with E-state index in [-0.39, 0.29) is 17.8 Å². The number of esters is 1. The van der Waals surface area contributed by atoms with Gasteiger partial charge in [0.15, 0.2) is 0 Å². The van der Waals surface area contributed by atoms with Crippen molar-refractivity contribution in [2.75, 3.05) is 0 Å². The molecule has 1 N–H and O–H groups in total. The van der Waals surface area contributed by atoms with Crippen molar-refractivity contribution in [1.82, 2.24) is 5.32 Å². The quantitative estimate of drug-likeness (QED) is 0.495. The highest BCUT2D eigenvalue weighted by Crippen LogP contribution is 2.26. The fourth-order valence-electron chi connectivity index (χ4n) is 1.30. The summed E-state index contributed by atoms with van der Waals surface area (Å²) in [4.78, 5) is 21.7. The topological polar surface area (TPSA) is 55.4 Å². The first-order valence-corrected chi connectivity index (χ1v) is 3.48. The van der Waals surface area contributed by atoms with E-state index in [1.807, 2.05) is 0 Å². The van der Waals surface area contributed by atoms with Gasteiger partial charge in [-0.3, -0.25) is 9.59 Å². The number of nitrogens with one attached hydrogen (secondary N) is 1. The fraction of sp³-hybridized carbons (Fsp3) is 0.429. The van der Waals surface area contributed by atoms with Gasteiger partial charge in [0, 0.05) is 6.42 Å². The van der Waals surface area contributed by atoms with E-state index in [2.05, 4.69) is 10.1 Å². The molecule has 0 aliphatic carbocycles. The Balaban J connectivity index is 2.21. The Morgan fingerprint density at radius 1 is 1.55 bits per heavy atom. The molecule has 58 valence electrons. The number of fused-ring (bicyclic) bond motifs is 1. The molecule has 0 bridgehead atoms. The highest BCUT2D eigenvalue weighted by molar-refractivity contribution is 5.86. The minimum Gasteiger partial charge on any atom is -0.432 e. The second-order valence-corrected chi connectivity index (χ2v) is 2.65. The van der Waals surface area contributed by atoms with Crippen LogP contribution in [-0.2, 0) is 14.3 Å². The van der Waals surface area contributed by atoms with Crippen molar-refractivity contribution in [1.29, 1.82) is 0 Å². The van der Waals surface area contributed by atoms with E-state index in [9.17, 15) is 9.59 Å². The van der Waals surface area contributed by atoms with Crippen molar-refractivity contribution in [2.24, 2.45) is 5.92 Å². The number of carbonyl (C=O) groups is 2. The largest absolute Gasteiger partial charge is 0.432 e. The first-order valence-electron chi connectivity index (χ1n) is 3.48. The van der Waals surface area contributed by atoms with Crippen LogP contribution in [0.5, 0.6) is 0 Å². The van der Waals surface area contributed by atoms with Crippen LogP contribution in [0.1, 0.15) is 12.8 Å². The molecular formula is C7H7NO3. The van der Waals surface area contributed by atoms with Gasteiger partial charge in [-0.25, -0.2) is 0 Å². The summed E-state index contributed by atoms with van der Waals surface area (Å²) in [6.07, 6.45) is 2.32. The van der Waals surface area contributed by atoms with E-state index in [1.54, 1.807) is 0 Å². The number of hydrogen-bond donors (Lipinski definition) is 1. The number of piperidine rings is 1.